The fourth-order valence-electron chi connectivity index (χ4n) is 3.95. The Labute approximate surface area is 164 Å². The SMILES string of the molecule is Cc1ccccc1C(=O)NC[C@H](c1cccs1)[NH+]1CCc2ccccc2C1. The van der Waals surface area contributed by atoms with E-state index in [0.717, 1.165) is 30.6 Å². The maximum atomic E-state index is 12.7. The van der Waals surface area contributed by atoms with Crippen molar-refractivity contribution in [1.29, 1.82) is 0 Å². The van der Waals surface area contributed by atoms with Crippen molar-refractivity contribution < 1.29 is 9.69 Å². The highest BCUT2D eigenvalue weighted by molar-refractivity contribution is 7.10. The molecule has 1 aliphatic rings. The Balaban J connectivity index is 1.51. The van der Waals surface area contributed by atoms with Crippen LogP contribution in [0.1, 0.15) is 38.0 Å². The first-order chi connectivity index (χ1) is 13.2. The predicted molar refractivity (Wildman–Crippen MR) is 110 cm³/mol. The van der Waals surface area contributed by atoms with Gasteiger partial charge < -0.3 is 10.2 Å². The molecule has 138 valence electrons. The minimum absolute atomic E-state index is 0.0199. The first kappa shape index (κ1) is 18.0. The summed E-state index contributed by atoms with van der Waals surface area (Å²) in [6, 6.07) is 21.1. The Morgan fingerprint density at radius 3 is 2.63 bits per heavy atom. The van der Waals surface area contributed by atoms with Crippen LogP contribution in [-0.2, 0) is 13.0 Å². The highest BCUT2D eigenvalue weighted by atomic mass is 32.1. The third-order valence-electron chi connectivity index (χ3n) is 5.49. The lowest BCUT2D eigenvalue weighted by molar-refractivity contribution is -0.945. The fraction of sp³-hybridized carbons (Fsp3) is 0.261. The largest absolute Gasteiger partial charge is 0.346 e. The average Bonchev–Trinajstić information content (AvgIpc) is 3.23. The van der Waals surface area contributed by atoms with Gasteiger partial charge in [-0.25, -0.2) is 0 Å². The number of amides is 1. The average molecular weight is 378 g/mol. The number of nitrogens with one attached hydrogen (secondary N) is 2. The Kier molecular flexibility index (Phi) is 5.37. The van der Waals surface area contributed by atoms with E-state index in [9.17, 15) is 4.79 Å². The van der Waals surface area contributed by atoms with E-state index in [0.29, 0.717) is 6.54 Å². The molecule has 2 atom stereocenters. The smallest absolute Gasteiger partial charge is 0.251 e. The van der Waals surface area contributed by atoms with E-state index < -0.39 is 0 Å². The van der Waals surface area contributed by atoms with Gasteiger partial charge >= 0.3 is 0 Å². The van der Waals surface area contributed by atoms with Crippen LogP contribution in [0.15, 0.2) is 66.0 Å². The van der Waals surface area contributed by atoms with Gasteiger partial charge in [0.1, 0.15) is 12.6 Å². The minimum Gasteiger partial charge on any atom is -0.346 e. The van der Waals surface area contributed by atoms with Crippen molar-refractivity contribution >= 4 is 17.2 Å². The number of carbonyl (C=O) groups excluding carboxylic acids is 1. The van der Waals surface area contributed by atoms with Crippen LogP contribution in [0.4, 0.5) is 0 Å². The molecule has 4 heteroatoms. The molecule has 3 aromatic rings. The maximum Gasteiger partial charge on any atom is 0.251 e. The number of aryl methyl sites for hydroxylation is 1. The molecule has 1 amide bonds. The summed E-state index contributed by atoms with van der Waals surface area (Å²) in [5, 5.41) is 5.32. The first-order valence-electron chi connectivity index (χ1n) is 9.51. The summed E-state index contributed by atoms with van der Waals surface area (Å²) in [6.07, 6.45) is 1.10. The molecule has 0 saturated heterocycles. The lowest BCUT2D eigenvalue weighted by Gasteiger charge is -2.32. The molecule has 2 aromatic carbocycles. The molecule has 0 spiro atoms. The number of hydrogen-bond acceptors (Lipinski definition) is 2. The molecule has 1 aromatic heterocycles. The highest BCUT2D eigenvalue weighted by Gasteiger charge is 2.29. The molecule has 1 unspecified atom stereocenters. The lowest BCUT2D eigenvalue weighted by Crippen LogP contribution is -3.12. The van der Waals surface area contributed by atoms with Crippen LogP contribution >= 0.6 is 11.3 Å². The molecule has 2 heterocycles. The summed E-state index contributed by atoms with van der Waals surface area (Å²) in [5.41, 5.74) is 4.68. The Hall–Kier alpha value is -2.43. The van der Waals surface area contributed by atoms with Crippen molar-refractivity contribution in [2.75, 3.05) is 13.1 Å². The van der Waals surface area contributed by atoms with Crippen LogP contribution in [0, 0.1) is 6.92 Å². The number of benzene rings is 2. The number of thiophene rings is 1. The zero-order valence-corrected chi connectivity index (χ0v) is 16.4. The van der Waals surface area contributed by atoms with E-state index >= 15 is 0 Å². The van der Waals surface area contributed by atoms with Gasteiger partial charge in [-0.05, 0) is 35.6 Å². The van der Waals surface area contributed by atoms with Crippen molar-refractivity contribution in [1.82, 2.24) is 5.32 Å². The van der Waals surface area contributed by atoms with Gasteiger partial charge in [0.05, 0.1) is 18.0 Å². The van der Waals surface area contributed by atoms with Crippen LogP contribution in [0.2, 0.25) is 0 Å². The van der Waals surface area contributed by atoms with Crippen molar-refractivity contribution in [2.24, 2.45) is 0 Å². The van der Waals surface area contributed by atoms with Crippen LogP contribution in [0.3, 0.4) is 0 Å². The lowest BCUT2D eigenvalue weighted by atomic mass is 9.98. The normalized spacial score (nSPS) is 17.1. The van der Waals surface area contributed by atoms with E-state index in [4.69, 9.17) is 0 Å². The van der Waals surface area contributed by atoms with Gasteiger partial charge in [0, 0.05) is 17.5 Å². The van der Waals surface area contributed by atoms with E-state index in [-0.39, 0.29) is 11.9 Å². The van der Waals surface area contributed by atoms with Gasteiger partial charge in [0.15, 0.2) is 0 Å². The second-order valence-electron chi connectivity index (χ2n) is 7.20. The second kappa shape index (κ2) is 8.07. The molecule has 0 bridgehead atoms. The van der Waals surface area contributed by atoms with E-state index in [2.05, 4.69) is 47.1 Å². The van der Waals surface area contributed by atoms with Gasteiger partial charge in [0.25, 0.3) is 5.91 Å². The van der Waals surface area contributed by atoms with Gasteiger partial charge in [-0.15, -0.1) is 11.3 Å². The molecule has 3 nitrogen and oxygen atoms in total. The molecular weight excluding hydrogens is 352 g/mol. The third kappa shape index (κ3) is 3.97. The molecule has 0 saturated carbocycles. The number of carbonyl (C=O) groups is 1. The Morgan fingerprint density at radius 1 is 1.07 bits per heavy atom. The zero-order chi connectivity index (χ0) is 18.6. The monoisotopic (exact) mass is 377 g/mol. The van der Waals surface area contributed by atoms with E-state index in [1.165, 1.54) is 20.9 Å². The van der Waals surface area contributed by atoms with E-state index in [1.54, 1.807) is 11.3 Å². The van der Waals surface area contributed by atoms with Gasteiger partial charge in [0.2, 0.25) is 0 Å². The summed E-state index contributed by atoms with van der Waals surface area (Å²) in [7, 11) is 0. The van der Waals surface area contributed by atoms with Gasteiger partial charge in [-0.3, -0.25) is 4.79 Å². The molecule has 0 radical (unpaired) electrons. The van der Waals surface area contributed by atoms with Crippen LogP contribution in [-0.4, -0.2) is 19.0 Å². The second-order valence-corrected chi connectivity index (χ2v) is 8.18. The van der Waals surface area contributed by atoms with Gasteiger partial charge in [-0.1, -0.05) is 48.5 Å². The summed E-state index contributed by atoms with van der Waals surface area (Å²) >= 11 is 1.78. The molecule has 2 N–H and O–H groups in total. The Bertz CT molecular complexity index is 920. The number of hydrogen-bond donors (Lipinski definition) is 2. The first-order valence-corrected chi connectivity index (χ1v) is 10.4. The summed E-state index contributed by atoms with van der Waals surface area (Å²) < 4.78 is 0. The van der Waals surface area contributed by atoms with Crippen LogP contribution in [0.25, 0.3) is 0 Å². The molecule has 1 aliphatic heterocycles. The van der Waals surface area contributed by atoms with Crippen molar-refractivity contribution in [2.45, 2.75) is 25.9 Å². The van der Waals surface area contributed by atoms with Crippen molar-refractivity contribution in [3.05, 3.63) is 93.2 Å². The summed E-state index contributed by atoms with van der Waals surface area (Å²) in [5.74, 6) is 0.0199. The topological polar surface area (TPSA) is 33.5 Å². The number of fused-ring (bicyclic) bond motifs is 1. The zero-order valence-electron chi connectivity index (χ0n) is 15.6. The quantitative estimate of drug-likeness (QED) is 0.704. The molecular formula is C23H25N2OS+. The maximum absolute atomic E-state index is 12.7. The minimum atomic E-state index is 0.0199. The van der Waals surface area contributed by atoms with Crippen LogP contribution < -0.4 is 10.2 Å². The van der Waals surface area contributed by atoms with Crippen molar-refractivity contribution in [3.8, 4) is 0 Å². The summed E-state index contributed by atoms with van der Waals surface area (Å²) in [4.78, 5) is 15.6. The standard InChI is InChI=1S/C23H24N2OS/c1-17-7-2-5-10-20(17)23(26)24-15-21(22-11-6-14-27-22)25-13-12-18-8-3-4-9-19(18)16-25/h2-11,14,21H,12-13,15-16H2,1H3,(H,24,26)/p+1/t21-/m1/s1. The molecule has 27 heavy (non-hydrogen) atoms. The molecule has 4 rings (SSSR count). The highest BCUT2D eigenvalue weighted by Crippen LogP contribution is 2.19. The van der Waals surface area contributed by atoms with Crippen LogP contribution in [0.5, 0.6) is 0 Å². The fourth-order valence-corrected chi connectivity index (χ4v) is 4.84. The summed E-state index contributed by atoms with van der Waals surface area (Å²) in [6.45, 7) is 4.75. The molecule has 0 aliphatic carbocycles. The third-order valence-corrected chi connectivity index (χ3v) is 6.47. The van der Waals surface area contributed by atoms with Gasteiger partial charge in [-0.2, -0.15) is 0 Å². The Morgan fingerprint density at radius 2 is 1.85 bits per heavy atom. The number of quaternary nitrogens is 1. The number of rotatable bonds is 5. The predicted octanol–water partition coefficient (Wildman–Crippen LogP) is 3.17. The molecule has 0 fully saturated rings. The van der Waals surface area contributed by atoms with Crippen molar-refractivity contribution in [3.63, 3.8) is 0 Å². The van der Waals surface area contributed by atoms with E-state index in [1.807, 2.05) is 31.2 Å².